The number of rotatable bonds is 3. The van der Waals surface area contributed by atoms with Crippen LogP contribution in [0.25, 0.3) is 16.7 Å². The normalized spacial score (nSPS) is 10.9. The van der Waals surface area contributed by atoms with Crippen LogP contribution in [-0.4, -0.2) is 16.7 Å². The molecule has 3 rings (SSSR count). The summed E-state index contributed by atoms with van der Waals surface area (Å²) in [5, 5.41) is 0. The van der Waals surface area contributed by atoms with E-state index in [2.05, 4.69) is 44.3 Å². The third kappa shape index (κ3) is 2.16. The van der Waals surface area contributed by atoms with Crippen LogP contribution >= 0.6 is 34.2 Å². The summed E-state index contributed by atoms with van der Waals surface area (Å²) in [6.07, 6.45) is 0. The van der Waals surface area contributed by atoms with Crippen LogP contribution in [0.2, 0.25) is 0 Å². The number of halogens is 2. The molecule has 0 aliphatic heterocycles. The summed E-state index contributed by atoms with van der Waals surface area (Å²) in [4.78, 5) is 4.62. The second-order valence-corrected chi connectivity index (χ2v) is 5.71. The molecule has 0 bridgehead atoms. The maximum Gasteiger partial charge on any atom is 0.146 e. The van der Waals surface area contributed by atoms with Gasteiger partial charge in [-0.2, -0.15) is 0 Å². The molecule has 0 N–H and O–H groups in total. The lowest BCUT2D eigenvalue weighted by molar-refractivity contribution is 0.419. The van der Waals surface area contributed by atoms with Crippen molar-refractivity contribution >= 4 is 45.2 Å². The van der Waals surface area contributed by atoms with Crippen LogP contribution in [0.1, 0.15) is 5.82 Å². The molecule has 1 heterocycles. The average Bonchev–Trinajstić information content (AvgIpc) is 2.86. The van der Waals surface area contributed by atoms with Gasteiger partial charge in [-0.15, -0.1) is 11.6 Å². The summed E-state index contributed by atoms with van der Waals surface area (Å²) in [7, 11) is 1.65. The highest BCUT2D eigenvalue weighted by Crippen LogP contribution is 2.30. The molecule has 3 aromatic rings. The van der Waals surface area contributed by atoms with E-state index in [0.717, 1.165) is 31.9 Å². The van der Waals surface area contributed by atoms with E-state index in [1.54, 1.807) is 7.11 Å². The zero-order chi connectivity index (χ0) is 14.1. The SMILES string of the molecule is COc1cccc2c1nc(CCl)n2-c1ccccc1I. The number of imidazole rings is 1. The summed E-state index contributed by atoms with van der Waals surface area (Å²) in [6, 6.07) is 14.1. The monoisotopic (exact) mass is 398 g/mol. The van der Waals surface area contributed by atoms with Crippen molar-refractivity contribution in [2.45, 2.75) is 5.88 Å². The van der Waals surface area contributed by atoms with Crippen LogP contribution in [0, 0.1) is 3.57 Å². The van der Waals surface area contributed by atoms with E-state index < -0.39 is 0 Å². The Hall–Kier alpha value is -1.27. The van der Waals surface area contributed by atoms with Crippen molar-refractivity contribution in [1.82, 2.24) is 9.55 Å². The predicted octanol–water partition coefficient (Wildman–Crippen LogP) is 4.38. The van der Waals surface area contributed by atoms with E-state index in [9.17, 15) is 0 Å². The Bertz CT molecular complexity index is 770. The molecule has 0 aliphatic carbocycles. The second kappa shape index (κ2) is 5.61. The topological polar surface area (TPSA) is 27.1 Å². The Balaban J connectivity index is 2.37. The molecule has 0 saturated heterocycles. The highest BCUT2D eigenvalue weighted by molar-refractivity contribution is 14.1. The maximum absolute atomic E-state index is 6.07. The van der Waals surface area contributed by atoms with Crippen LogP contribution in [0.3, 0.4) is 0 Å². The first-order valence-electron chi connectivity index (χ1n) is 6.11. The van der Waals surface area contributed by atoms with Gasteiger partial charge >= 0.3 is 0 Å². The van der Waals surface area contributed by atoms with E-state index in [0.29, 0.717) is 5.88 Å². The maximum atomic E-state index is 6.07. The smallest absolute Gasteiger partial charge is 0.146 e. The fourth-order valence-electron chi connectivity index (χ4n) is 2.28. The minimum Gasteiger partial charge on any atom is -0.494 e. The van der Waals surface area contributed by atoms with Crippen LogP contribution in [0.15, 0.2) is 42.5 Å². The summed E-state index contributed by atoms with van der Waals surface area (Å²) in [5.74, 6) is 1.93. The van der Waals surface area contributed by atoms with Crippen molar-refractivity contribution in [3.05, 3.63) is 51.9 Å². The second-order valence-electron chi connectivity index (χ2n) is 4.28. The molecule has 1 aromatic heterocycles. The highest BCUT2D eigenvalue weighted by Gasteiger charge is 2.15. The van der Waals surface area contributed by atoms with Gasteiger partial charge in [-0.25, -0.2) is 4.98 Å². The number of alkyl halides is 1. The third-order valence-corrected chi connectivity index (χ3v) is 4.30. The lowest BCUT2D eigenvalue weighted by Gasteiger charge is -2.10. The number of aromatic nitrogens is 2. The van der Waals surface area contributed by atoms with Crippen LogP contribution < -0.4 is 4.74 Å². The van der Waals surface area contributed by atoms with Gasteiger partial charge in [0.1, 0.15) is 17.1 Å². The molecule has 0 saturated carbocycles. The number of ether oxygens (including phenoxy) is 1. The van der Waals surface area contributed by atoms with E-state index >= 15 is 0 Å². The minimum absolute atomic E-state index is 0.350. The Morgan fingerprint density at radius 1 is 1.20 bits per heavy atom. The Morgan fingerprint density at radius 3 is 2.70 bits per heavy atom. The molecule has 102 valence electrons. The van der Waals surface area contributed by atoms with Crippen LogP contribution in [0.4, 0.5) is 0 Å². The zero-order valence-corrected chi connectivity index (χ0v) is 13.7. The fraction of sp³-hybridized carbons (Fsp3) is 0.133. The van der Waals surface area contributed by atoms with Gasteiger partial charge in [-0.1, -0.05) is 18.2 Å². The van der Waals surface area contributed by atoms with Crippen molar-refractivity contribution in [3.8, 4) is 11.4 Å². The van der Waals surface area contributed by atoms with Crippen molar-refractivity contribution in [2.24, 2.45) is 0 Å². The van der Waals surface area contributed by atoms with Gasteiger partial charge in [0.05, 0.1) is 24.2 Å². The number of hydrogen-bond donors (Lipinski definition) is 0. The Morgan fingerprint density at radius 2 is 2.00 bits per heavy atom. The molecule has 0 unspecified atom stereocenters. The molecular formula is C15H12ClIN2O. The quantitative estimate of drug-likeness (QED) is 0.484. The van der Waals surface area contributed by atoms with E-state index in [4.69, 9.17) is 16.3 Å². The Labute approximate surface area is 135 Å². The van der Waals surface area contributed by atoms with E-state index in [-0.39, 0.29) is 0 Å². The molecule has 3 nitrogen and oxygen atoms in total. The summed E-state index contributed by atoms with van der Waals surface area (Å²) in [5.41, 5.74) is 2.92. The van der Waals surface area contributed by atoms with Gasteiger partial charge in [0.2, 0.25) is 0 Å². The third-order valence-electron chi connectivity index (χ3n) is 3.15. The molecule has 2 aromatic carbocycles. The molecule has 0 amide bonds. The Kier molecular flexibility index (Phi) is 3.85. The van der Waals surface area contributed by atoms with Crippen LogP contribution in [0.5, 0.6) is 5.75 Å². The van der Waals surface area contributed by atoms with Gasteiger partial charge in [0, 0.05) is 3.57 Å². The van der Waals surface area contributed by atoms with Gasteiger partial charge in [-0.3, -0.25) is 4.57 Å². The van der Waals surface area contributed by atoms with E-state index in [1.807, 2.05) is 30.3 Å². The first kappa shape index (κ1) is 13.7. The first-order chi connectivity index (χ1) is 9.76. The van der Waals surface area contributed by atoms with Gasteiger partial charge in [0.15, 0.2) is 0 Å². The number of para-hydroxylation sites is 2. The molecule has 0 aliphatic rings. The van der Waals surface area contributed by atoms with Crippen molar-refractivity contribution in [3.63, 3.8) is 0 Å². The number of methoxy groups -OCH3 is 1. The molecular weight excluding hydrogens is 387 g/mol. The average molecular weight is 399 g/mol. The van der Waals surface area contributed by atoms with Gasteiger partial charge < -0.3 is 4.74 Å². The fourth-order valence-corrected chi connectivity index (χ4v) is 3.09. The minimum atomic E-state index is 0.350. The first-order valence-corrected chi connectivity index (χ1v) is 7.72. The van der Waals surface area contributed by atoms with E-state index in [1.165, 1.54) is 0 Å². The van der Waals surface area contributed by atoms with Crippen LogP contribution in [-0.2, 0) is 5.88 Å². The number of fused-ring (bicyclic) bond motifs is 1. The molecule has 5 heteroatoms. The van der Waals surface area contributed by atoms with Crippen molar-refractivity contribution < 1.29 is 4.74 Å². The number of nitrogens with zero attached hydrogens (tertiary/aromatic N) is 2. The lowest BCUT2D eigenvalue weighted by Crippen LogP contribution is -2.01. The number of hydrogen-bond acceptors (Lipinski definition) is 2. The van der Waals surface area contributed by atoms with Crippen molar-refractivity contribution in [2.75, 3.05) is 7.11 Å². The highest BCUT2D eigenvalue weighted by atomic mass is 127. The lowest BCUT2D eigenvalue weighted by atomic mass is 10.2. The molecule has 0 radical (unpaired) electrons. The molecule has 0 spiro atoms. The van der Waals surface area contributed by atoms with Crippen molar-refractivity contribution in [1.29, 1.82) is 0 Å². The largest absolute Gasteiger partial charge is 0.494 e. The predicted molar refractivity (Wildman–Crippen MR) is 89.9 cm³/mol. The van der Waals surface area contributed by atoms with Gasteiger partial charge in [-0.05, 0) is 46.9 Å². The standard InChI is InChI=1S/C15H12ClIN2O/c1-20-13-8-4-7-12-15(13)18-14(9-16)19(12)11-6-3-2-5-10(11)17/h2-8H,9H2,1H3. The number of benzene rings is 2. The molecule has 0 atom stereocenters. The van der Waals surface area contributed by atoms with Gasteiger partial charge in [0.25, 0.3) is 0 Å². The molecule has 20 heavy (non-hydrogen) atoms. The summed E-state index contributed by atoms with van der Waals surface area (Å²) < 4.78 is 8.63. The summed E-state index contributed by atoms with van der Waals surface area (Å²) in [6.45, 7) is 0. The zero-order valence-electron chi connectivity index (χ0n) is 10.8. The summed E-state index contributed by atoms with van der Waals surface area (Å²) >= 11 is 8.40. The molecule has 0 fully saturated rings.